The molecular weight excluding hydrogens is 422 g/mol. The van der Waals surface area contributed by atoms with E-state index in [-0.39, 0.29) is 24.3 Å². The molecule has 1 N–H and O–H groups in total. The number of carbonyl (C=O) groups excluding carboxylic acids is 1. The molecule has 0 aliphatic rings. The molecule has 0 saturated carbocycles. The van der Waals surface area contributed by atoms with Gasteiger partial charge in [0.15, 0.2) is 6.61 Å². The van der Waals surface area contributed by atoms with E-state index in [0.717, 1.165) is 27.8 Å². The van der Waals surface area contributed by atoms with E-state index in [0.29, 0.717) is 11.1 Å². The number of rotatable bonds is 8. The van der Waals surface area contributed by atoms with E-state index >= 15 is 0 Å². The molecule has 32 heavy (non-hydrogen) atoms. The maximum Gasteiger partial charge on any atom is 0.277 e. The van der Waals surface area contributed by atoms with Crippen molar-refractivity contribution in [2.75, 3.05) is 5.75 Å². The predicted molar refractivity (Wildman–Crippen MR) is 126 cm³/mol. The molecule has 1 unspecified atom stereocenters. The van der Waals surface area contributed by atoms with Gasteiger partial charge in [0.1, 0.15) is 5.75 Å². The van der Waals surface area contributed by atoms with Crippen LogP contribution in [-0.4, -0.2) is 21.9 Å². The summed E-state index contributed by atoms with van der Waals surface area (Å²) < 4.78 is 11.4. The van der Waals surface area contributed by atoms with Crippen LogP contribution in [0.5, 0.6) is 5.75 Å². The van der Waals surface area contributed by atoms with Gasteiger partial charge in [0, 0.05) is 0 Å². The number of carbonyl (C=O) groups is 1. The zero-order chi connectivity index (χ0) is 22.5. The summed E-state index contributed by atoms with van der Waals surface area (Å²) in [6, 6.07) is 20.3. The highest BCUT2D eigenvalue weighted by atomic mass is 32.2. The first-order chi connectivity index (χ1) is 15.5. The average molecular weight is 448 g/mol. The van der Waals surface area contributed by atoms with Crippen LogP contribution in [0.15, 0.2) is 70.3 Å². The van der Waals surface area contributed by atoms with E-state index in [9.17, 15) is 4.79 Å². The molecule has 0 aliphatic heterocycles. The fourth-order valence-corrected chi connectivity index (χ4v) is 3.92. The van der Waals surface area contributed by atoms with Crippen molar-refractivity contribution in [2.45, 2.75) is 38.6 Å². The number of amides is 1. The number of aromatic nitrogens is 2. The van der Waals surface area contributed by atoms with Crippen LogP contribution in [0.2, 0.25) is 0 Å². The van der Waals surface area contributed by atoms with Gasteiger partial charge in [0.05, 0.1) is 11.8 Å². The van der Waals surface area contributed by atoms with E-state index in [4.69, 9.17) is 9.15 Å². The number of benzene rings is 3. The van der Waals surface area contributed by atoms with Crippen LogP contribution < -0.4 is 10.1 Å². The van der Waals surface area contributed by atoms with Gasteiger partial charge < -0.3 is 14.5 Å². The lowest BCUT2D eigenvalue weighted by Crippen LogP contribution is -2.28. The van der Waals surface area contributed by atoms with Crippen LogP contribution in [0.1, 0.15) is 35.5 Å². The Morgan fingerprint density at radius 3 is 2.72 bits per heavy atom. The zero-order valence-corrected chi connectivity index (χ0v) is 19.1. The molecule has 1 aromatic heterocycles. The van der Waals surface area contributed by atoms with Gasteiger partial charge in [-0.1, -0.05) is 60.3 Å². The Bertz CT molecular complexity index is 1240. The normalized spacial score (nSPS) is 12.0. The summed E-state index contributed by atoms with van der Waals surface area (Å²) in [6.45, 7) is 6.16. The molecule has 1 atom stereocenters. The Balaban J connectivity index is 1.27. The number of aryl methyl sites for hydroxylation is 2. The summed E-state index contributed by atoms with van der Waals surface area (Å²) in [5, 5.41) is 13.7. The Kier molecular flexibility index (Phi) is 6.75. The highest BCUT2D eigenvalue weighted by molar-refractivity contribution is 7.99. The van der Waals surface area contributed by atoms with Gasteiger partial charge in [0.2, 0.25) is 5.91 Å². The van der Waals surface area contributed by atoms with Crippen molar-refractivity contribution in [1.82, 2.24) is 15.5 Å². The molecule has 6 nitrogen and oxygen atoms in total. The van der Waals surface area contributed by atoms with E-state index in [1.807, 2.05) is 57.2 Å². The smallest absolute Gasteiger partial charge is 0.277 e. The molecule has 0 spiro atoms. The van der Waals surface area contributed by atoms with Crippen molar-refractivity contribution in [3.63, 3.8) is 0 Å². The predicted octanol–water partition coefficient (Wildman–Crippen LogP) is 5.39. The molecule has 4 rings (SSSR count). The molecule has 7 heteroatoms. The highest BCUT2D eigenvalue weighted by Gasteiger charge is 2.14. The summed E-state index contributed by atoms with van der Waals surface area (Å²) in [6.07, 6.45) is 0. The third-order valence-corrected chi connectivity index (χ3v) is 5.94. The van der Waals surface area contributed by atoms with Crippen molar-refractivity contribution >= 4 is 28.4 Å². The van der Waals surface area contributed by atoms with Crippen LogP contribution in [0.25, 0.3) is 10.8 Å². The number of hydrogen-bond donors (Lipinski definition) is 1. The lowest BCUT2D eigenvalue weighted by Gasteiger charge is -2.14. The van der Waals surface area contributed by atoms with Crippen LogP contribution in [0.3, 0.4) is 0 Å². The van der Waals surface area contributed by atoms with Crippen LogP contribution in [0.4, 0.5) is 0 Å². The minimum Gasteiger partial charge on any atom is -0.484 e. The first-order valence-electron chi connectivity index (χ1n) is 10.4. The van der Waals surface area contributed by atoms with E-state index in [1.54, 1.807) is 0 Å². The van der Waals surface area contributed by atoms with Gasteiger partial charge in [-0.25, -0.2) is 0 Å². The number of ether oxygens (including phenoxy) is 1. The Labute approximate surface area is 191 Å². The van der Waals surface area contributed by atoms with Crippen LogP contribution in [-0.2, 0) is 11.4 Å². The second-order valence-corrected chi connectivity index (χ2v) is 8.63. The molecule has 4 aromatic rings. The largest absolute Gasteiger partial charge is 0.484 e. The monoisotopic (exact) mass is 447 g/mol. The lowest BCUT2D eigenvalue weighted by molar-refractivity contribution is -0.119. The van der Waals surface area contributed by atoms with E-state index in [2.05, 4.69) is 39.8 Å². The maximum absolute atomic E-state index is 12.4. The van der Waals surface area contributed by atoms with E-state index < -0.39 is 0 Å². The molecule has 0 fully saturated rings. The summed E-state index contributed by atoms with van der Waals surface area (Å²) in [5.74, 6) is 1.26. The van der Waals surface area contributed by atoms with Crippen molar-refractivity contribution in [2.24, 2.45) is 0 Å². The van der Waals surface area contributed by atoms with E-state index in [1.165, 1.54) is 17.1 Å². The number of fused-ring (bicyclic) bond motifs is 1. The molecule has 3 aromatic carbocycles. The van der Waals surface area contributed by atoms with Gasteiger partial charge in [-0.3, -0.25) is 4.79 Å². The third kappa shape index (κ3) is 5.48. The Morgan fingerprint density at radius 2 is 1.88 bits per heavy atom. The third-order valence-electron chi connectivity index (χ3n) is 5.12. The summed E-state index contributed by atoms with van der Waals surface area (Å²) in [5.41, 5.74) is 3.23. The molecule has 0 radical (unpaired) electrons. The first kappa shape index (κ1) is 21.9. The summed E-state index contributed by atoms with van der Waals surface area (Å²) in [4.78, 5) is 12.4. The molecule has 1 amide bonds. The van der Waals surface area contributed by atoms with Crippen LogP contribution in [0, 0.1) is 13.8 Å². The average Bonchev–Trinajstić information content (AvgIpc) is 3.26. The minimum atomic E-state index is -0.100. The lowest BCUT2D eigenvalue weighted by atomic mass is 10.0. The molecule has 0 bridgehead atoms. The van der Waals surface area contributed by atoms with Gasteiger partial charge in [-0.2, -0.15) is 0 Å². The van der Waals surface area contributed by atoms with Crippen molar-refractivity contribution in [1.29, 1.82) is 0 Å². The first-order valence-corrected chi connectivity index (χ1v) is 11.4. The Hall–Kier alpha value is -3.32. The second kappa shape index (κ2) is 9.87. The van der Waals surface area contributed by atoms with Crippen molar-refractivity contribution in [3.8, 4) is 5.75 Å². The number of hydrogen-bond acceptors (Lipinski definition) is 6. The topological polar surface area (TPSA) is 77.2 Å². The maximum atomic E-state index is 12.4. The van der Waals surface area contributed by atoms with Crippen molar-refractivity contribution in [3.05, 3.63) is 83.2 Å². The number of nitrogens with one attached hydrogen (secondary N) is 1. The van der Waals surface area contributed by atoms with Gasteiger partial charge in [-0.05, 0) is 60.4 Å². The summed E-state index contributed by atoms with van der Waals surface area (Å²) >= 11 is 1.21. The summed E-state index contributed by atoms with van der Waals surface area (Å²) in [7, 11) is 0. The fraction of sp³-hybridized carbons (Fsp3) is 0.240. The molecule has 0 aliphatic carbocycles. The van der Waals surface area contributed by atoms with Crippen LogP contribution >= 0.6 is 11.8 Å². The molecule has 0 saturated heterocycles. The Morgan fingerprint density at radius 1 is 1.06 bits per heavy atom. The van der Waals surface area contributed by atoms with Gasteiger partial charge in [-0.15, -0.1) is 10.2 Å². The van der Waals surface area contributed by atoms with Crippen molar-refractivity contribution < 1.29 is 13.9 Å². The fourth-order valence-electron chi connectivity index (χ4n) is 3.33. The number of nitrogens with zero attached hydrogens (tertiary/aromatic N) is 2. The minimum absolute atomic E-state index is 0.0953. The van der Waals surface area contributed by atoms with Gasteiger partial charge >= 0.3 is 0 Å². The highest BCUT2D eigenvalue weighted by Crippen LogP contribution is 2.23. The SMILES string of the molecule is Cc1ccc(C)c(OCc2nnc(SCC(=O)NC(C)c3ccc4ccccc4c3)o2)c1. The number of thioether (sulfide) groups is 1. The molecule has 164 valence electrons. The second-order valence-electron chi connectivity index (χ2n) is 7.70. The zero-order valence-electron chi connectivity index (χ0n) is 18.3. The molecular formula is C25H25N3O3S. The quantitative estimate of drug-likeness (QED) is 0.365. The standard InChI is InChI=1S/C25H25N3O3S/c1-16-8-9-17(2)22(12-16)30-14-24-27-28-25(31-24)32-15-23(29)26-18(3)20-11-10-19-6-4-5-7-21(19)13-20/h4-13,18H,14-15H2,1-3H3,(H,26,29). The molecule has 1 heterocycles. The van der Waals surface area contributed by atoms with Gasteiger partial charge in [0.25, 0.3) is 11.1 Å².